The van der Waals surface area contributed by atoms with Crippen molar-refractivity contribution in [1.82, 2.24) is 4.90 Å². The lowest BCUT2D eigenvalue weighted by Gasteiger charge is -2.31. The molecule has 2 aliphatic rings. The Morgan fingerprint density at radius 2 is 1.83 bits per heavy atom. The third-order valence-electron chi connectivity index (χ3n) is 6.94. The molecule has 4 nitrogen and oxygen atoms in total. The van der Waals surface area contributed by atoms with Gasteiger partial charge in [0.1, 0.15) is 23.4 Å². The second kappa shape index (κ2) is 9.96. The van der Waals surface area contributed by atoms with Crippen molar-refractivity contribution >= 4 is 17.2 Å². The number of likely N-dealkylation sites (tertiary alicyclic amines) is 1. The Morgan fingerprint density at radius 3 is 2.57 bits per heavy atom. The Labute approximate surface area is 205 Å². The molecule has 0 spiro atoms. The highest BCUT2D eigenvalue weighted by molar-refractivity contribution is 5.95. The highest BCUT2D eigenvalue weighted by Crippen LogP contribution is 2.47. The molecule has 0 saturated carbocycles. The number of allylic oxidation sites excluding steroid dienone is 1. The summed E-state index contributed by atoms with van der Waals surface area (Å²) in [6.45, 7) is 4.42. The summed E-state index contributed by atoms with van der Waals surface area (Å²) in [7, 11) is 0. The van der Waals surface area contributed by atoms with Crippen LogP contribution in [0.1, 0.15) is 41.7 Å². The summed E-state index contributed by atoms with van der Waals surface area (Å²) in [5.41, 5.74) is 5.77. The van der Waals surface area contributed by atoms with Crippen LogP contribution in [0.4, 0.5) is 4.39 Å². The van der Waals surface area contributed by atoms with Crippen molar-refractivity contribution in [1.29, 1.82) is 0 Å². The largest absolute Gasteiger partial charge is 0.508 e. The standard InChI is InChI=1S/C30H30FNO3/c1-20-27-17-26(34)11-12-28(27)35-30(29(20)24-5-2-6-25(33)16-24)23-9-7-21(8-10-23)4-3-14-32-15-13-22(18-31)19-32/h2-12,16-17,22,30,33-34H,13-15,18-19H2,1H3/b4-3-/t22-,30?/m0/s1. The molecular weight excluding hydrogens is 441 g/mol. The third kappa shape index (κ3) is 4.96. The zero-order chi connectivity index (χ0) is 24.4. The Balaban J connectivity index is 1.41. The van der Waals surface area contributed by atoms with E-state index in [2.05, 4.69) is 41.3 Å². The van der Waals surface area contributed by atoms with Crippen LogP contribution in [0.5, 0.6) is 17.2 Å². The number of ether oxygens (including phenoxy) is 1. The fourth-order valence-corrected chi connectivity index (χ4v) is 5.04. The molecule has 0 bridgehead atoms. The highest BCUT2D eigenvalue weighted by Gasteiger charge is 2.29. The SMILES string of the molecule is CC1=C(c2cccc(O)c2)C(c2ccc(/C=C\CN3CC[C@@H](CF)C3)cc2)Oc2ccc(O)cc21. The quantitative estimate of drug-likeness (QED) is 0.433. The Morgan fingerprint density at radius 1 is 1.03 bits per heavy atom. The molecule has 2 N–H and O–H groups in total. The molecule has 0 aromatic heterocycles. The molecule has 180 valence electrons. The van der Waals surface area contributed by atoms with Crippen LogP contribution < -0.4 is 4.74 Å². The van der Waals surface area contributed by atoms with E-state index in [0.717, 1.165) is 65.2 Å². The minimum Gasteiger partial charge on any atom is -0.508 e. The van der Waals surface area contributed by atoms with Crippen LogP contribution in [-0.4, -0.2) is 41.4 Å². The Hall–Kier alpha value is -3.57. The van der Waals surface area contributed by atoms with E-state index in [-0.39, 0.29) is 30.2 Å². The zero-order valence-corrected chi connectivity index (χ0v) is 19.8. The monoisotopic (exact) mass is 471 g/mol. The second-order valence-electron chi connectivity index (χ2n) is 9.40. The van der Waals surface area contributed by atoms with E-state index in [4.69, 9.17) is 4.74 Å². The van der Waals surface area contributed by atoms with E-state index in [9.17, 15) is 14.6 Å². The lowest BCUT2D eigenvalue weighted by molar-refractivity contribution is 0.259. The molecular formula is C30H30FNO3. The number of aromatic hydroxyl groups is 2. The Bertz CT molecular complexity index is 1260. The van der Waals surface area contributed by atoms with Crippen molar-refractivity contribution in [2.45, 2.75) is 19.4 Å². The first-order chi connectivity index (χ1) is 17.0. The molecule has 2 heterocycles. The first-order valence-electron chi connectivity index (χ1n) is 12.1. The summed E-state index contributed by atoms with van der Waals surface area (Å²) >= 11 is 0. The molecule has 3 aromatic rings. The average Bonchev–Trinajstić information content (AvgIpc) is 3.33. The van der Waals surface area contributed by atoms with Gasteiger partial charge in [-0.25, -0.2) is 0 Å². The summed E-state index contributed by atoms with van der Waals surface area (Å²) < 4.78 is 19.3. The van der Waals surface area contributed by atoms with E-state index in [1.54, 1.807) is 30.3 Å². The van der Waals surface area contributed by atoms with Gasteiger partial charge in [-0.3, -0.25) is 9.29 Å². The number of phenolic OH excluding ortho intramolecular Hbond substituents is 2. The number of rotatable bonds is 6. The summed E-state index contributed by atoms with van der Waals surface area (Å²) in [4.78, 5) is 2.29. The molecule has 0 aliphatic carbocycles. The molecule has 0 radical (unpaired) electrons. The van der Waals surface area contributed by atoms with Crippen LogP contribution in [-0.2, 0) is 0 Å². The highest BCUT2D eigenvalue weighted by atomic mass is 19.1. The van der Waals surface area contributed by atoms with Gasteiger partial charge in [-0.1, -0.05) is 48.6 Å². The van der Waals surface area contributed by atoms with Crippen molar-refractivity contribution in [2.75, 3.05) is 26.3 Å². The topological polar surface area (TPSA) is 52.9 Å². The van der Waals surface area contributed by atoms with Crippen molar-refractivity contribution < 1.29 is 19.3 Å². The van der Waals surface area contributed by atoms with Crippen molar-refractivity contribution in [2.24, 2.45) is 5.92 Å². The maximum Gasteiger partial charge on any atom is 0.150 e. The molecule has 35 heavy (non-hydrogen) atoms. The smallest absolute Gasteiger partial charge is 0.150 e. The van der Waals surface area contributed by atoms with Crippen LogP contribution in [0.25, 0.3) is 17.2 Å². The summed E-state index contributed by atoms with van der Waals surface area (Å²) in [6.07, 6.45) is 4.83. The zero-order valence-electron chi connectivity index (χ0n) is 19.8. The average molecular weight is 472 g/mol. The van der Waals surface area contributed by atoms with Gasteiger partial charge in [0.25, 0.3) is 0 Å². The van der Waals surface area contributed by atoms with Crippen LogP contribution >= 0.6 is 0 Å². The molecule has 1 saturated heterocycles. The summed E-state index contributed by atoms with van der Waals surface area (Å²) in [6, 6.07) is 20.6. The van der Waals surface area contributed by atoms with E-state index >= 15 is 0 Å². The van der Waals surface area contributed by atoms with Crippen LogP contribution in [0.2, 0.25) is 0 Å². The minimum absolute atomic E-state index is 0.185. The molecule has 2 atom stereocenters. The predicted molar refractivity (Wildman–Crippen MR) is 138 cm³/mol. The fourth-order valence-electron chi connectivity index (χ4n) is 5.04. The first kappa shape index (κ1) is 23.2. The van der Waals surface area contributed by atoms with Crippen LogP contribution in [0, 0.1) is 5.92 Å². The number of alkyl halides is 1. The van der Waals surface area contributed by atoms with E-state index in [1.807, 2.05) is 19.1 Å². The van der Waals surface area contributed by atoms with Gasteiger partial charge in [0.05, 0.1) is 6.67 Å². The van der Waals surface area contributed by atoms with Crippen LogP contribution in [0.3, 0.4) is 0 Å². The molecule has 5 rings (SSSR count). The van der Waals surface area contributed by atoms with E-state index in [1.165, 1.54) is 0 Å². The van der Waals surface area contributed by atoms with Crippen molar-refractivity contribution in [3.05, 3.63) is 95.1 Å². The second-order valence-corrected chi connectivity index (χ2v) is 9.40. The van der Waals surface area contributed by atoms with Gasteiger partial charge < -0.3 is 14.9 Å². The van der Waals surface area contributed by atoms with E-state index < -0.39 is 0 Å². The van der Waals surface area contributed by atoms with Crippen molar-refractivity contribution in [3.63, 3.8) is 0 Å². The molecule has 1 fully saturated rings. The van der Waals surface area contributed by atoms with E-state index in [0.29, 0.717) is 0 Å². The molecule has 5 heteroatoms. The number of nitrogens with zero attached hydrogens (tertiary/aromatic N) is 1. The van der Waals surface area contributed by atoms with Gasteiger partial charge in [0.15, 0.2) is 0 Å². The molecule has 1 unspecified atom stereocenters. The van der Waals surface area contributed by atoms with Crippen molar-refractivity contribution in [3.8, 4) is 17.2 Å². The van der Waals surface area contributed by atoms with Gasteiger partial charge in [-0.15, -0.1) is 0 Å². The normalized spacial score (nSPS) is 20.3. The maximum atomic E-state index is 12.8. The molecule has 2 aliphatic heterocycles. The predicted octanol–water partition coefficient (Wildman–Crippen LogP) is 6.47. The number of fused-ring (bicyclic) bond motifs is 1. The minimum atomic E-state index is -0.353. The number of hydrogen-bond donors (Lipinski definition) is 2. The first-order valence-corrected chi connectivity index (χ1v) is 12.1. The lowest BCUT2D eigenvalue weighted by atomic mass is 9.86. The molecule has 3 aromatic carbocycles. The van der Waals surface area contributed by atoms with Gasteiger partial charge in [0, 0.05) is 30.1 Å². The Kier molecular flexibility index (Phi) is 6.60. The maximum absolute atomic E-state index is 12.8. The van der Waals surface area contributed by atoms with Crippen LogP contribution in [0.15, 0.2) is 72.8 Å². The molecule has 0 amide bonds. The third-order valence-corrected chi connectivity index (χ3v) is 6.94. The summed E-state index contributed by atoms with van der Waals surface area (Å²) in [5, 5.41) is 20.2. The fraction of sp³-hybridized carbons (Fsp3) is 0.267. The van der Waals surface area contributed by atoms with Gasteiger partial charge >= 0.3 is 0 Å². The number of hydrogen-bond acceptors (Lipinski definition) is 4. The van der Waals surface area contributed by atoms with Gasteiger partial charge in [-0.05, 0) is 72.5 Å². The number of halogens is 1. The summed E-state index contributed by atoms with van der Waals surface area (Å²) in [5.74, 6) is 1.28. The number of benzene rings is 3. The lowest BCUT2D eigenvalue weighted by Crippen LogP contribution is -2.20. The van der Waals surface area contributed by atoms with Gasteiger partial charge in [-0.2, -0.15) is 0 Å². The van der Waals surface area contributed by atoms with Gasteiger partial charge in [0.2, 0.25) is 0 Å². The number of phenols is 2.